The highest BCUT2D eigenvalue weighted by molar-refractivity contribution is 8.00. The first-order valence-electron chi connectivity index (χ1n) is 5.49. The summed E-state index contributed by atoms with van der Waals surface area (Å²) in [5.74, 6) is 4.62. The van der Waals surface area contributed by atoms with Crippen LogP contribution in [0.1, 0.15) is 6.42 Å². The second-order valence-corrected chi connectivity index (χ2v) is 5.79. The van der Waals surface area contributed by atoms with Gasteiger partial charge >= 0.3 is 0 Å². The van der Waals surface area contributed by atoms with Crippen molar-refractivity contribution in [3.05, 3.63) is 37.0 Å². The zero-order valence-corrected chi connectivity index (χ0v) is 9.12. The third-order valence-corrected chi connectivity index (χ3v) is 5.18. The van der Waals surface area contributed by atoms with Crippen molar-refractivity contribution in [1.29, 1.82) is 0 Å². The van der Waals surface area contributed by atoms with E-state index in [4.69, 9.17) is 0 Å². The van der Waals surface area contributed by atoms with Gasteiger partial charge in [-0.2, -0.15) is 0 Å². The lowest BCUT2D eigenvalue weighted by molar-refractivity contribution is 0.405. The van der Waals surface area contributed by atoms with Crippen LogP contribution in [0.3, 0.4) is 0 Å². The monoisotopic (exact) mass is 204 g/mol. The van der Waals surface area contributed by atoms with Crippen molar-refractivity contribution < 1.29 is 0 Å². The van der Waals surface area contributed by atoms with E-state index >= 15 is 0 Å². The largest absolute Gasteiger partial charge is 0.150 e. The fraction of sp³-hybridized carbons (Fsp3) is 0.538. The average molecular weight is 204 g/mol. The van der Waals surface area contributed by atoms with Crippen LogP contribution in [0.4, 0.5) is 0 Å². The molecule has 1 fully saturated rings. The third kappa shape index (κ3) is 1.15. The molecule has 0 aliphatic heterocycles. The number of fused-ring (bicyclic) bond motifs is 5. The van der Waals surface area contributed by atoms with Crippen molar-refractivity contribution in [3.8, 4) is 0 Å². The van der Waals surface area contributed by atoms with Crippen LogP contribution in [0.2, 0.25) is 0 Å². The fourth-order valence-corrected chi connectivity index (χ4v) is 4.51. The normalized spacial score (nSPS) is 47.3. The van der Waals surface area contributed by atoms with Gasteiger partial charge in [0.2, 0.25) is 0 Å². The van der Waals surface area contributed by atoms with E-state index in [1.807, 2.05) is 6.08 Å². The molecule has 74 valence electrons. The molecule has 2 bridgehead atoms. The van der Waals surface area contributed by atoms with E-state index in [-0.39, 0.29) is 0 Å². The molecule has 5 atom stereocenters. The summed E-state index contributed by atoms with van der Waals surface area (Å²) in [7, 11) is 0. The molecule has 3 aliphatic rings. The Kier molecular flexibility index (Phi) is 2.09. The molecule has 0 aromatic rings. The predicted octanol–water partition coefficient (Wildman–Crippen LogP) is 3.28. The molecular weight excluding hydrogens is 188 g/mol. The summed E-state index contributed by atoms with van der Waals surface area (Å²) in [6.07, 6.45) is 13.3. The van der Waals surface area contributed by atoms with Gasteiger partial charge < -0.3 is 0 Å². The summed E-state index contributed by atoms with van der Waals surface area (Å²) in [6.45, 7) is 3.80. The minimum atomic E-state index is 0.762. The number of hydrogen-bond acceptors (Lipinski definition) is 1. The highest BCUT2D eigenvalue weighted by Gasteiger charge is 2.48. The van der Waals surface area contributed by atoms with Crippen LogP contribution in [-0.4, -0.2) is 11.0 Å². The summed E-state index contributed by atoms with van der Waals surface area (Å²) in [5.41, 5.74) is 0. The number of rotatable bonds is 3. The Labute approximate surface area is 90.2 Å². The Morgan fingerprint density at radius 1 is 1.21 bits per heavy atom. The van der Waals surface area contributed by atoms with Crippen LogP contribution in [0.25, 0.3) is 0 Å². The highest BCUT2D eigenvalue weighted by atomic mass is 32.2. The molecule has 14 heavy (non-hydrogen) atoms. The summed E-state index contributed by atoms with van der Waals surface area (Å²) >= 11 is 2.06. The van der Waals surface area contributed by atoms with Gasteiger partial charge in [0.25, 0.3) is 0 Å². The van der Waals surface area contributed by atoms with Gasteiger partial charge in [-0.3, -0.25) is 0 Å². The zero-order valence-electron chi connectivity index (χ0n) is 8.30. The van der Waals surface area contributed by atoms with Gasteiger partial charge in [-0.15, -0.1) is 18.3 Å². The van der Waals surface area contributed by atoms with E-state index < -0.39 is 0 Å². The van der Waals surface area contributed by atoms with Crippen molar-refractivity contribution >= 4 is 11.8 Å². The molecule has 0 radical (unpaired) electrons. The van der Waals surface area contributed by atoms with Gasteiger partial charge in [0.15, 0.2) is 0 Å². The average Bonchev–Trinajstić information content (AvgIpc) is 2.87. The minimum absolute atomic E-state index is 0.762. The number of thioether (sulfide) groups is 1. The molecule has 0 saturated heterocycles. The van der Waals surface area contributed by atoms with Crippen LogP contribution in [0, 0.1) is 23.7 Å². The van der Waals surface area contributed by atoms with Gasteiger partial charge in [-0.25, -0.2) is 0 Å². The fourth-order valence-electron chi connectivity index (χ4n) is 3.34. The maximum Gasteiger partial charge on any atom is 0.0270 e. The van der Waals surface area contributed by atoms with Gasteiger partial charge in [0.1, 0.15) is 0 Å². The Bertz CT molecular complexity index is 302. The second-order valence-electron chi connectivity index (χ2n) is 4.57. The molecular formula is C13H16S. The van der Waals surface area contributed by atoms with Gasteiger partial charge in [-0.05, 0) is 30.1 Å². The predicted molar refractivity (Wildman–Crippen MR) is 63.3 cm³/mol. The van der Waals surface area contributed by atoms with Crippen molar-refractivity contribution in [2.45, 2.75) is 11.7 Å². The molecule has 0 nitrogen and oxygen atoms in total. The maximum atomic E-state index is 3.80. The lowest BCUT2D eigenvalue weighted by Gasteiger charge is -2.25. The van der Waals surface area contributed by atoms with Crippen LogP contribution in [-0.2, 0) is 0 Å². The van der Waals surface area contributed by atoms with Crippen molar-refractivity contribution in [2.24, 2.45) is 23.7 Å². The maximum absolute atomic E-state index is 3.80. The van der Waals surface area contributed by atoms with Crippen molar-refractivity contribution in [1.82, 2.24) is 0 Å². The van der Waals surface area contributed by atoms with E-state index in [1.54, 1.807) is 0 Å². The lowest BCUT2D eigenvalue weighted by atomic mass is 9.85. The Morgan fingerprint density at radius 2 is 2.07 bits per heavy atom. The first-order chi connectivity index (χ1) is 6.90. The molecule has 0 spiro atoms. The SMILES string of the molecule is C=CCSC1C=C[C@H]2[C@@H]1[C@H]1C=C[C@@H]2C1. The zero-order chi connectivity index (χ0) is 9.54. The van der Waals surface area contributed by atoms with E-state index in [1.165, 1.54) is 6.42 Å². The number of allylic oxidation sites excluding steroid dienone is 3. The van der Waals surface area contributed by atoms with Crippen LogP contribution >= 0.6 is 11.8 Å². The van der Waals surface area contributed by atoms with Gasteiger partial charge in [-0.1, -0.05) is 30.4 Å². The molecule has 0 heterocycles. The topological polar surface area (TPSA) is 0 Å². The Morgan fingerprint density at radius 3 is 2.93 bits per heavy atom. The van der Waals surface area contributed by atoms with Crippen LogP contribution in [0.15, 0.2) is 37.0 Å². The smallest absolute Gasteiger partial charge is 0.0270 e. The molecule has 1 unspecified atom stereocenters. The quantitative estimate of drug-likeness (QED) is 0.636. The first-order valence-corrected chi connectivity index (χ1v) is 6.54. The van der Waals surface area contributed by atoms with Gasteiger partial charge in [0, 0.05) is 11.0 Å². The molecule has 0 amide bonds. The Hall–Kier alpha value is -0.430. The van der Waals surface area contributed by atoms with E-state index in [9.17, 15) is 0 Å². The molecule has 0 N–H and O–H groups in total. The third-order valence-electron chi connectivity index (χ3n) is 3.89. The molecule has 3 rings (SSSR count). The molecule has 0 aromatic heterocycles. The highest BCUT2D eigenvalue weighted by Crippen LogP contribution is 2.55. The number of hydrogen-bond donors (Lipinski definition) is 0. The van der Waals surface area contributed by atoms with Crippen molar-refractivity contribution in [3.63, 3.8) is 0 Å². The summed E-state index contributed by atoms with van der Waals surface area (Å²) in [4.78, 5) is 0. The second kappa shape index (κ2) is 3.30. The molecule has 1 saturated carbocycles. The van der Waals surface area contributed by atoms with Crippen LogP contribution < -0.4 is 0 Å². The van der Waals surface area contributed by atoms with Crippen LogP contribution in [0.5, 0.6) is 0 Å². The summed E-state index contributed by atoms with van der Waals surface area (Å²) in [5, 5.41) is 0.762. The van der Waals surface area contributed by atoms with E-state index in [0.29, 0.717) is 0 Å². The Balaban J connectivity index is 1.76. The lowest BCUT2D eigenvalue weighted by Crippen LogP contribution is -2.22. The van der Waals surface area contributed by atoms with E-state index in [2.05, 4.69) is 42.6 Å². The van der Waals surface area contributed by atoms with Gasteiger partial charge in [0.05, 0.1) is 0 Å². The first kappa shape index (κ1) is 8.84. The van der Waals surface area contributed by atoms with E-state index in [0.717, 1.165) is 34.7 Å². The summed E-state index contributed by atoms with van der Waals surface area (Å²) < 4.78 is 0. The minimum Gasteiger partial charge on any atom is -0.150 e. The molecule has 3 aliphatic carbocycles. The summed E-state index contributed by atoms with van der Waals surface area (Å²) in [6, 6.07) is 0. The van der Waals surface area contributed by atoms with Crippen molar-refractivity contribution in [2.75, 3.05) is 5.75 Å². The standard InChI is InChI=1S/C13H16S/c1-2-7-14-12-6-5-11-9-3-4-10(8-9)13(11)12/h2-6,9-13H,1,7-8H2/t9-,10+,11-,12?,13+/m1/s1. The molecule has 0 aromatic carbocycles. The molecule has 1 heteroatoms.